The van der Waals surface area contributed by atoms with Gasteiger partial charge in [0, 0.05) is 17.6 Å². The third-order valence-corrected chi connectivity index (χ3v) is 3.46. The van der Waals surface area contributed by atoms with Crippen molar-refractivity contribution in [3.8, 4) is 0 Å². The Labute approximate surface area is 102 Å². The Morgan fingerprint density at radius 1 is 1.24 bits per heavy atom. The predicted octanol–water partition coefficient (Wildman–Crippen LogP) is 1.73. The zero-order valence-electron chi connectivity index (χ0n) is 10.1. The van der Waals surface area contributed by atoms with Crippen LogP contribution in [0.5, 0.6) is 0 Å². The van der Waals surface area contributed by atoms with Crippen molar-refractivity contribution < 1.29 is 4.79 Å². The molecule has 0 aliphatic heterocycles. The molecule has 0 aromatic heterocycles. The Hall–Kier alpha value is -1.19. The van der Waals surface area contributed by atoms with E-state index < -0.39 is 0 Å². The Morgan fingerprint density at radius 2 is 1.88 bits per heavy atom. The number of nitrogens with two attached hydrogens (primary N) is 1. The number of rotatable bonds is 5. The fraction of sp³-hybridized carbons (Fsp3) is 0.500. The van der Waals surface area contributed by atoms with Crippen molar-refractivity contribution in [3.05, 3.63) is 35.9 Å². The third-order valence-electron chi connectivity index (χ3n) is 3.46. The smallest absolute Gasteiger partial charge is 0.176 e. The standard InChI is InChI=1S/C14H20N2O/c15-14(8-4-5-9-14)11-16-10-13(17)12-6-2-1-3-7-12/h1-3,6-7,16H,4-5,8-11,15H2. The molecule has 1 aromatic carbocycles. The number of nitrogens with one attached hydrogen (secondary N) is 1. The molecular weight excluding hydrogens is 212 g/mol. The number of hydrogen-bond acceptors (Lipinski definition) is 3. The van der Waals surface area contributed by atoms with Gasteiger partial charge in [0.15, 0.2) is 5.78 Å². The van der Waals surface area contributed by atoms with Crippen molar-refractivity contribution in [2.24, 2.45) is 5.73 Å². The summed E-state index contributed by atoms with van der Waals surface area (Å²) in [6.45, 7) is 1.12. The van der Waals surface area contributed by atoms with Crippen molar-refractivity contribution in [3.63, 3.8) is 0 Å². The van der Waals surface area contributed by atoms with Gasteiger partial charge in [-0.15, -0.1) is 0 Å². The van der Waals surface area contributed by atoms with E-state index in [4.69, 9.17) is 5.73 Å². The molecule has 0 bridgehead atoms. The van der Waals surface area contributed by atoms with Crippen LogP contribution in [0.4, 0.5) is 0 Å². The van der Waals surface area contributed by atoms with Gasteiger partial charge in [0.2, 0.25) is 0 Å². The van der Waals surface area contributed by atoms with E-state index in [9.17, 15) is 4.79 Å². The molecule has 3 heteroatoms. The van der Waals surface area contributed by atoms with Gasteiger partial charge in [0.05, 0.1) is 6.54 Å². The third kappa shape index (κ3) is 3.38. The van der Waals surface area contributed by atoms with Gasteiger partial charge in [-0.25, -0.2) is 0 Å². The molecule has 0 heterocycles. The molecule has 0 spiro atoms. The first-order valence-electron chi connectivity index (χ1n) is 6.27. The molecule has 1 aliphatic rings. The summed E-state index contributed by atoms with van der Waals surface area (Å²) in [5.74, 6) is 0.132. The van der Waals surface area contributed by atoms with Crippen LogP contribution in [0.1, 0.15) is 36.0 Å². The van der Waals surface area contributed by atoms with E-state index >= 15 is 0 Å². The average molecular weight is 232 g/mol. The van der Waals surface area contributed by atoms with Crippen molar-refractivity contribution in [1.29, 1.82) is 0 Å². The molecule has 3 nitrogen and oxygen atoms in total. The lowest BCUT2D eigenvalue weighted by molar-refractivity contribution is 0.0989. The Morgan fingerprint density at radius 3 is 2.53 bits per heavy atom. The van der Waals surface area contributed by atoms with Gasteiger partial charge in [-0.05, 0) is 12.8 Å². The number of carbonyl (C=O) groups excluding carboxylic acids is 1. The van der Waals surface area contributed by atoms with Crippen LogP contribution in [0, 0.1) is 0 Å². The van der Waals surface area contributed by atoms with Gasteiger partial charge in [-0.2, -0.15) is 0 Å². The minimum absolute atomic E-state index is 0.0863. The first-order chi connectivity index (χ1) is 8.20. The highest BCUT2D eigenvalue weighted by Crippen LogP contribution is 2.26. The molecule has 0 unspecified atom stereocenters. The summed E-state index contributed by atoms with van der Waals surface area (Å²) >= 11 is 0. The zero-order chi connectivity index (χ0) is 12.1. The number of Topliss-reactive ketones (excluding diaryl/α,β-unsaturated/α-hetero) is 1. The molecular formula is C14H20N2O. The molecule has 1 saturated carbocycles. The van der Waals surface area contributed by atoms with Crippen LogP contribution >= 0.6 is 0 Å². The largest absolute Gasteiger partial charge is 0.324 e. The highest BCUT2D eigenvalue weighted by atomic mass is 16.1. The van der Waals surface area contributed by atoms with E-state index in [0.29, 0.717) is 6.54 Å². The van der Waals surface area contributed by atoms with E-state index in [1.165, 1.54) is 12.8 Å². The van der Waals surface area contributed by atoms with E-state index in [0.717, 1.165) is 24.9 Å². The second kappa shape index (κ2) is 5.43. The maximum atomic E-state index is 11.8. The number of carbonyl (C=O) groups is 1. The van der Waals surface area contributed by atoms with Gasteiger partial charge in [-0.3, -0.25) is 4.79 Å². The van der Waals surface area contributed by atoms with E-state index in [2.05, 4.69) is 5.32 Å². The SMILES string of the molecule is NC1(CNCC(=O)c2ccccc2)CCCC1. The van der Waals surface area contributed by atoms with Gasteiger partial charge in [-0.1, -0.05) is 43.2 Å². The summed E-state index contributed by atoms with van der Waals surface area (Å²) in [6, 6.07) is 9.37. The van der Waals surface area contributed by atoms with Crippen LogP contribution in [0.15, 0.2) is 30.3 Å². The lowest BCUT2D eigenvalue weighted by atomic mass is 9.99. The number of ketones is 1. The van der Waals surface area contributed by atoms with Crippen LogP contribution in [-0.4, -0.2) is 24.4 Å². The van der Waals surface area contributed by atoms with E-state index in [-0.39, 0.29) is 11.3 Å². The van der Waals surface area contributed by atoms with Gasteiger partial charge in [0.25, 0.3) is 0 Å². The normalized spacial score (nSPS) is 18.2. The lowest BCUT2D eigenvalue weighted by Crippen LogP contribution is -2.47. The van der Waals surface area contributed by atoms with Crippen LogP contribution < -0.4 is 11.1 Å². The zero-order valence-corrected chi connectivity index (χ0v) is 10.1. The molecule has 0 saturated heterocycles. The molecule has 1 fully saturated rings. The van der Waals surface area contributed by atoms with E-state index in [1.807, 2.05) is 30.3 Å². The highest BCUT2D eigenvalue weighted by Gasteiger charge is 2.28. The molecule has 0 atom stereocenters. The summed E-state index contributed by atoms with van der Waals surface area (Å²) in [4.78, 5) is 11.8. The maximum Gasteiger partial charge on any atom is 0.176 e. The Kier molecular flexibility index (Phi) is 3.92. The molecule has 92 valence electrons. The number of hydrogen-bond donors (Lipinski definition) is 2. The predicted molar refractivity (Wildman–Crippen MR) is 69.0 cm³/mol. The molecule has 1 aliphatic carbocycles. The van der Waals surface area contributed by atoms with Crippen molar-refractivity contribution in [2.45, 2.75) is 31.2 Å². The minimum Gasteiger partial charge on any atom is -0.324 e. The van der Waals surface area contributed by atoms with Crippen LogP contribution in [-0.2, 0) is 0 Å². The van der Waals surface area contributed by atoms with Gasteiger partial charge in [0.1, 0.15) is 0 Å². The summed E-state index contributed by atoms with van der Waals surface area (Å²) < 4.78 is 0. The maximum absolute atomic E-state index is 11.8. The van der Waals surface area contributed by atoms with Crippen LogP contribution in [0.3, 0.4) is 0 Å². The van der Waals surface area contributed by atoms with Crippen molar-refractivity contribution >= 4 is 5.78 Å². The molecule has 17 heavy (non-hydrogen) atoms. The Bertz CT molecular complexity index is 369. The number of benzene rings is 1. The lowest BCUT2D eigenvalue weighted by Gasteiger charge is -2.23. The summed E-state index contributed by atoms with van der Waals surface area (Å²) in [6.07, 6.45) is 4.56. The summed E-state index contributed by atoms with van der Waals surface area (Å²) in [7, 11) is 0. The monoisotopic (exact) mass is 232 g/mol. The van der Waals surface area contributed by atoms with Crippen LogP contribution in [0.25, 0.3) is 0 Å². The summed E-state index contributed by atoms with van der Waals surface area (Å²) in [5.41, 5.74) is 6.89. The quantitative estimate of drug-likeness (QED) is 0.760. The Balaban J connectivity index is 1.77. The van der Waals surface area contributed by atoms with Crippen molar-refractivity contribution in [2.75, 3.05) is 13.1 Å². The van der Waals surface area contributed by atoms with Crippen molar-refractivity contribution in [1.82, 2.24) is 5.32 Å². The van der Waals surface area contributed by atoms with Gasteiger partial charge >= 0.3 is 0 Å². The average Bonchev–Trinajstić information content (AvgIpc) is 2.77. The van der Waals surface area contributed by atoms with Crippen LogP contribution in [0.2, 0.25) is 0 Å². The van der Waals surface area contributed by atoms with E-state index in [1.54, 1.807) is 0 Å². The first kappa shape index (κ1) is 12.3. The topological polar surface area (TPSA) is 55.1 Å². The fourth-order valence-electron chi connectivity index (χ4n) is 2.41. The second-order valence-corrected chi connectivity index (χ2v) is 4.96. The molecule has 3 N–H and O–H groups in total. The first-order valence-corrected chi connectivity index (χ1v) is 6.27. The molecule has 2 rings (SSSR count). The second-order valence-electron chi connectivity index (χ2n) is 4.96. The highest BCUT2D eigenvalue weighted by molar-refractivity contribution is 5.97. The van der Waals surface area contributed by atoms with Gasteiger partial charge < -0.3 is 11.1 Å². The molecule has 0 radical (unpaired) electrons. The fourth-order valence-corrected chi connectivity index (χ4v) is 2.41. The summed E-state index contributed by atoms with van der Waals surface area (Å²) in [5, 5.41) is 3.19. The molecule has 0 amide bonds. The molecule has 1 aromatic rings. The minimum atomic E-state index is -0.0863.